The Kier molecular flexibility index (Phi) is 10.1. The number of nitrogens with zero attached hydrogens (tertiary/aromatic N) is 3. The molecular weight excluding hydrogens is 613 g/mol. The minimum atomic E-state index is -4.42. The molecule has 2 fully saturated rings. The Balaban J connectivity index is 1.28. The van der Waals surface area contributed by atoms with Gasteiger partial charge in [0, 0.05) is 31.5 Å². The van der Waals surface area contributed by atoms with Crippen molar-refractivity contribution in [2.24, 2.45) is 0 Å². The minimum absolute atomic E-state index is 0.0318. The number of aliphatic hydroxyl groups is 1. The van der Waals surface area contributed by atoms with Gasteiger partial charge in [-0.05, 0) is 48.2 Å². The molecule has 2 aromatic carbocycles. The number of ether oxygens (including phenoxy) is 2. The van der Waals surface area contributed by atoms with E-state index in [4.69, 9.17) is 9.47 Å². The van der Waals surface area contributed by atoms with Gasteiger partial charge in [-0.1, -0.05) is 31.2 Å². The van der Waals surface area contributed by atoms with Crippen LogP contribution in [-0.2, 0) is 25.5 Å². The molecule has 242 valence electrons. The molecule has 45 heavy (non-hydrogen) atoms. The number of benzene rings is 2. The van der Waals surface area contributed by atoms with Crippen molar-refractivity contribution in [1.82, 2.24) is 15.3 Å². The molecule has 2 N–H and O–H groups in total. The summed E-state index contributed by atoms with van der Waals surface area (Å²) >= 11 is 0. The molecule has 0 radical (unpaired) electrons. The van der Waals surface area contributed by atoms with Crippen LogP contribution >= 0.6 is 0 Å². The normalized spacial score (nSPS) is 21.2. The van der Waals surface area contributed by atoms with Gasteiger partial charge < -0.3 is 24.8 Å². The van der Waals surface area contributed by atoms with Crippen molar-refractivity contribution in [1.29, 1.82) is 0 Å². The zero-order chi connectivity index (χ0) is 32.2. The Morgan fingerprint density at radius 3 is 2.40 bits per heavy atom. The number of nitrogens with one attached hydrogen (secondary N) is 1. The molecule has 5 rings (SSSR count). The van der Waals surface area contributed by atoms with Crippen LogP contribution in [0.4, 0.5) is 19.1 Å². The van der Waals surface area contributed by atoms with E-state index < -0.39 is 40.1 Å². The van der Waals surface area contributed by atoms with Crippen molar-refractivity contribution in [3.8, 4) is 0 Å². The molecule has 2 unspecified atom stereocenters. The number of amides is 1. The fraction of sp³-hybridized carbons (Fsp3) is 0.452. The molecule has 14 heteroatoms. The van der Waals surface area contributed by atoms with Crippen LogP contribution in [0.1, 0.15) is 58.8 Å². The number of aromatic nitrogens is 2. The van der Waals surface area contributed by atoms with Crippen LogP contribution in [0.15, 0.2) is 65.8 Å². The van der Waals surface area contributed by atoms with E-state index in [1.165, 1.54) is 36.7 Å². The van der Waals surface area contributed by atoms with Gasteiger partial charge in [0.05, 0.1) is 59.8 Å². The van der Waals surface area contributed by atoms with Crippen LogP contribution in [-0.4, -0.2) is 80.3 Å². The summed E-state index contributed by atoms with van der Waals surface area (Å²) in [5, 5.41) is 12.6. The Hall–Kier alpha value is -3.59. The lowest BCUT2D eigenvalue weighted by Crippen LogP contribution is -2.36. The van der Waals surface area contributed by atoms with Crippen molar-refractivity contribution in [3.05, 3.63) is 83.2 Å². The zero-order valence-electron chi connectivity index (χ0n) is 24.6. The van der Waals surface area contributed by atoms with E-state index in [9.17, 15) is 31.5 Å². The quantitative estimate of drug-likeness (QED) is 0.318. The number of carbonyl (C=O) groups is 1. The van der Waals surface area contributed by atoms with Gasteiger partial charge in [0.25, 0.3) is 5.91 Å². The lowest BCUT2D eigenvalue weighted by Gasteiger charge is -2.25. The molecule has 4 atom stereocenters. The zero-order valence-corrected chi connectivity index (χ0v) is 25.4. The summed E-state index contributed by atoms with van der Waals surface area (Å²) in [4.78, 5) is 24.0. The number of anilines is 1. The summed E-state index contributed by atoms with van der Waals surface area (Å²) in [7, 11) is -3.39. The summed E-state index contributed by atoms with van der Waals surface area (Å²) in [6.07, 6.45) is -0.306. The van der Waals surface area contributed by atoms with E-state index in [0.717, 1.165) is 24.1 Å². The van der Waals surface area contributed by atoms with Crippen LogP contribution in [0.25, 0.3) is 0 Å². The van der Waals surface area contributed by atoms with E-state index in [1.807, 2.05) is 4.90 Å². The molecule has 3 heterocycles. The van der Waals surface area contributed by atoms with E-state index in [2.05, 4.69) is 15.3 Å². The average molecular weight is 649 g/mol. The van der Waals surface area contributed by atoms with Crippen LogP contribution in [0, 0.1) is 0 Å². The monoisotopic (exact) mass is 648 g/mol. The van der Waals surface area contributed by atoms with Gasteiger partial charge in [0.2, 0.25) is 5.95 Å². The highest BCUT2D eigenvalue weighted by molar-refractivity contribution is 7.91. The van der Waals surface area contributed by atoms with Gasteiger partial charge in [-0.15, -0.1) is 0 Å². The predicted octanol–water partition coefficient (Wildman–Crippen LogP) is 3.92. The van der Waals surface area contributed by atoms with E-state index >= 15 is 0 Å². The molecule has 0 bridgehead atoms. The van der Waals surface area contributed by atoms with Crippen molar-refractivity contribution in [2.75, 3.05) is 43.6 Å². The second kappa shape index (κ2) is 13.8. The summed E-state index contributed by atoms with van der Waals surface area (Å²) in [6.45, 7) is 3.07. The Morgan fingerprint density at radius 2 is 1.82 bits per heavy atom. The Bertz CT molecular complexity index is 1550. The maximum atomic E-state index is 13.1. The van der Waals surface area contributed by atoms with Gasteiger partial charge >= 0.3 is 6.18 Å². The molecule has 2 aliphatic rings. The standard InChI is InChI=1S/C31H35F3N4O6S/c1-2-45(41,42)27-9-5-21(6-10-27)28(17-39)37-29(40)23-14-35-30(36-15-23)38-16-22(13-25(38)18-44-26-11-12-43-19-26)20-3-7-24(8-4-20)31(32,33)34/h3-10,14-15,22,25-26,28,39H,2,11-13,16-19H2,1H3,(H,37,40)/t22?,25-,26?,28-/m0/s1. The molecule has 10 nitrogen and oxygen atoms in total. The first-order chi connectivity index (χ1) is 21.5. The third-order valence-corrected chi connectivity index (χ3v) is 9.95. The first-order valence-corrected chi connectivity index (χ1v) is 16.3. The molecule has 2 aliphatic heterocycles. The third kappa shape index (κ3) is 7.80. The van der Waals surface area contributed by atoms with Crippen molar-refractivity contribution < 1.29 is 41.0 Å². The molecule has 1 aromatic heterocycles. The first-order valence-electron chi connectivity index (χ1n) is 14.7. The second-order valence-corrected chi connectivity index (χ2v) is 13.4. The maximum Gasteiger partial charge on any atom is 0.416 e. The Labute approximate surface area is 259 Å². The highest BCUT2D eigenvalue weighted by atomic mass is 32.2. The number of halogens is 3. The number of hydrogen-bond donors (Lipinski definition) is 2. The van der Waals surface area contributed by atoms with Crippen molar-refractivity contribution in [3.63, 3.8) is 0 Å². The van der Waals surface area contributed by atoms with Crippen LogP contribution < -0.4 is 10.2 Å². The number of rotatable bonds is 11. The van der Waals surface area contributed by atoms with Gasteiger partial charge in [0.1, 0.15) is 0 Å². The summed E-state index contributed by atoms with van der Waals surface area (Å²) in [5.74, 6) is -0.310. The van der Waals surface area contributed by atoms with Crippen LogP contribution in [0.5, 0.6) is 0 Å². The van der Waals surface area contributed by atoms with E-state index in [1.54, 1.807) is 19.1 Å². The lowest BCUT2D eigenvalue weighted by molar-refractivity contribution is -0.137. The molecule has 0 saturated carbocycles. The van der Waals surface area contributed by atoms with Crippen LogP contribution in [0.2, 0.25) is 0 Å². The Morgan fingerprint density at radius 1 is 1.13 bits per heavy atom. The molecule has 0 spiro atoms. The van der Waals surface area contributed by atoms with Gasteiger partial charge in [-0.3, -0.25) is 4.79 Å². The smallest absolute Gasteiger partial charge is 0.394 e. The predicted molar refractivity (Wildman–Crippen MR) is 159 cm³/mol. The fourth-order valence-electron chi connectivity index (χ4n) is 5.53. The van der Waals surface area contributed by atoms with Gasteiger partial charge in [-0.2, -0.15) is 13.2 Å². The number of carbonyl (C=O) groups excluding carboxylic acids is 1. The van der Waals surface area contributed by atoms with Gasteiger partial charge in [-0.25, -0.2) is 18.4 Å². The van der Waals surface area contributed by atoms with Crippen LogP contribution in [0.3, 0.4) is 0 Å². The summed E-state index contributed by atoms with van der Waals surface area (Å²) in [6, 6.07) is 10.2. The van der Waals surface area contributed by atoms with E-state index in [0.29, 0.717) is 44.3 Å². The molecule has 2 saturated heterocycles. The third-order valence-electron chi connectivity index (χ3n) is 8.20. The fourth-order valence-corrected chi connectivity index (χ4v) is 6.42. The lowest BCUT2D eigenvalue weighted by atomic mass is 9.95. The molecule has 0 aliphatic carbocycles. The largest absolute Gasteiger partial charge is 0.416 e. The number of alkyl halides is 3. The summed E-state index contributed by atoms with van der Waals surface area (Å²) < 4.78 is 75.0. The molecule has 3 aromatic rings. The average Bonchev–Trinajstić information content (AvgIpc) is 3.73. The van der Waals surface area contributed by atoms with Crippen molar-refractivity contribution in [2.45, 2.75) is 54.9 Å². The second-order valence-electron chi connectivity index (χ2n) is 11.1. The topological polar surface area (TPSA) is 131 Å². The van der Waals surface area contributed by atoms with E-state index in [-0.39, 0.29) is 34.3 Å². The first kappa shape index (κ1) is 32.8. The molecular formula is C31H35F3N4O6S. The maximum absolute atomic E-state index is 13.1. The molecule has 1 amide bonds. The minimum Gasteiger partial charge on any atom is -0.394 e. The number of hydrogen-bond acceptors (Lipinski definition) is 9. The number of sulfone groups is 1. The van der Waals surface area contributed by atoms with Gasteiger partial charge in [0.15, 0.2) is 9.84 Å². The SMILES string of the molecule is CCS(=O)(=O)c1ccc([C@H](CO)NC(=O)c2cnc(N3CC(c4ccc(C(F)(F)F)cc4)C[C@H]3COC3CCOC3)nc2)cc1. The van der Waals surface area contributed by atoms with Crippen molar-refractivity contribution >= 4 is 21.7 Å². The summed E-state index contributed by atoms with van der Waals surface area (Å²) in [5.41, 5.74) is 0.743. The number of aliphatic hydroxyl groups excluding tert-OH is 1. The highest BCUT2D eigenvalue weighted by Gasteiger charge is 2.36. The highest BCUT2D eigenvalue weighted by Crippen LogP contribution is 2.36.